The van der Waals surface area contributed by atoms with Crippen molar-refractivity contribution in [3.05, 3.63) is 81.5 Å². The van der Waals surface area contributed by atoms with Crippen LogP contribution in [0, 0.1) is 18.6 Å². The highest BCUT2D eigenvalue weighted by Crippen LogP contribution is 2.50. The van der Waals surface area contributed by atoms with Crippen LogP contribution in [0.15, 0.2) is 47.9 Å². The Morgan fingerprint density at radius 1 is 1.16 bits per heavy atom. The zero-order valence-corrected chi connectivity index (χ0v) is 26.4. The van der Waals surface area contributed by atoms with E-state index in [0.717, 1.165) is 6.07 Å². The largest absolute Gasteiger partial charge is 0.507 e. The molecule has 234 valence electrons. The molecule has 4 heterocycles. The number of nitrogens with zero attached hydrogens (tertiary/aromatic N) is 6. The minimum atomic E-state index is -0.882. The van der Waals surface area contributed by atoms with E-state index in [1.165, 1.54) is 22.8 Å². The molecule has 2 atom stereocenters. The molecule has 0 saturated carbocycles. The molecule has 6 rings (SSSR count). The Morgan fingerprint density at radius 3 is 2.56 bits per heavy atom. The second-order valence-electron chi connectivity index (χ2n) is 12.0. The van der Waals surface area contributed by atoms with Gasteiger partial charge in [0.05, 0.1) is 44.6 Å². The first-order chi connectivity index (χ1) is 21.4. The topological polar surface area (TPSA) is 94.8 Å². The molecule has 4 aromatic rings. The molecule has 9 nitrogen and oxygen atoms in total. The van der Waals surface area contributed by atoms with Crippen molar-refractivity contribution in [2.45, 2.75) is 45.7 Å². The molecular weight excluding hydrogens is 602 g/mol. The number of halogens is 3. The molecule has 2 unspecified atom stereocenters. The monoisotopic (exact) mass is 634 g/mol. The second-order valence-corrected chi connectivity index (χ2v) is 12.4. The lowest BCUT2D eigenvalue weighted by Gasteiger charge is -2.45. The number of pyridine rings is 1. The number of carbonyl (C=O) groups excluding carboxylic acids is 1. The van der Waals surface area contributed by atoms with Gasteiger partial charge in [-0.15, -0.1) is 0 Å². The Labute approximate surface area is 264 Å². The van der Waals surface area contributed by atoms with Crippen LogP contribution in [0.2, 0.25) is 5.02 Å². The molecule has 0 aliphatic carbocycles. The van der Waals surface area contributed by atoms with E-state index in [9.17, 15) is 14.7 Å². The lowest BCUT2D eigenvalue weighted by Crippen LogP contribution is -2.61. The highest BCUT2D eigenvalue weighted by atomic mass is 35.5. The molecule has 1 amide bonds. The summed E-state index contributed by atoms with van der Waals surface area (Å²) in [4.78, 5) is 41.5. The van der Waals surface area contributed by atoms with E-state index >= 15 is 8.78 Å². The lowest BCUT2D eigenvalue weighted by atomic mass is 9.98. The number of phenolic OH excluding ortho intramolecular Hbond substituents is 1. The van der Waals surface area contributed by atoms with Gasteiger partial charge in [-0.05, 0) is 49.6 Å². The SMILES string of the molecule is C=CC(=O)N1CC2CN(C)c3c(F)c(-c4c(O)cccc4F)c(Cl)c4c3c(nc(=O)n4-c3c(C)ccnc3C(C)C)N2CC1C. The summed E-state index contributed by atoms with van der Waals surface area (Å²) in [6.45, 7) is 12.0. The predicted molar refractivity (Wildman–Crippen MR) is 172 cm³/mol. The van der Waals surface area contributed by atoms with Crippen LogP contribution in [-0.4, -0.2) is 69.2 Å². The van der Waals surface area contributed by atoms with Crippen LogP contribution >= 0.6 is 11.6 Å². The molecule has 1 N–H and O–H groups in total. The first-order valence-electron chi connectivity index (χ1n) is 14.7. The van der Waals surface area contributed by atoms with Crippen LogP contribution in [0.1, 0.15) is 37.9 Å². The van der Waals surface area contributed by atoms with Crippen LogP contribution in [0.4, 0.5) is 20.3 Å². The average molecular weight is 635 g/mol. The molecule has 2 aromatic heterocycles. The zero-order chi connectivity index (χ0) is 32.5. The number of piperazine rings is 1. The molecular formula is C33H33ClF2N6O3. The molecule has 12 heteroatoms. The first-order valence-corrected chi connectivity index (χ1v) is 15.1. The van der Waals surface area contributed by atoms with Crippen LogP contribution < -0.4 is 15.5 Å². The van der Waals surface area contributed by atoms with Crippen molar-refractivity contribution in [1.29, 1.82) is 0 Å². The highest BCUT2D eigenvalue weighted by Gasteiger charge is 2.41. The van der Waals surface area contributed by atoms with Crippen molar-refractivity contribution in [3.8, 4) is 22.6 Å². The van der Waals surface area contributed by atoms with Crippen molar-refractivity contribution in [2.24, 2.45) is 0 Å². The van der Waals surface area contributed by atoms with Gasteiger partial charge in [-0.2, -0.15) is 4.98 Å². The maximum atomic E-state index is 17.1. The summed E-state index contributed by atoms with van der Waals surface area (Å²) in [5.41, 5.74) is 0.414. The number of rotatable bonds is 4. The smallest absolute Gasteiger partial charge is 0.354 e. The summed E-state index contributed by atoms with van der Waals surface area (Å²) in [5.74, 6) is -2.40. The van der Waals surface area contributed by atoms with Gasteiger partial charge in [-0.25, -0.2) is 13.6 Å². The van der Waals surface area contributed by atoms with Crippen LogP contribution in [0.5, 0.6) is 5.75 Å². The molecule has 2 aliphatic heterocycles. The molecule has 0 bridgehead atoms. The summed E-state index contributed by atoms with van der Waals surface area (Å²) < 4.78 is 33.8. The fourth-order valence-electron chi connectivity index (χ4n) is 6.70. The fraction of sp³-hybridized carbons (Fsp3) is 0.333. The third kappa shape index (κ3) is 4.63. The highest BCUT2D eigenvalue weighted by molar-refractivity contribution is 6.39. The predicted octanol–water partition coefficient (Wildman–Crippen LogP) is 5.56. The number of phenols is 1. The number of amides is 1. The summed E-state index contributed by atoms with van der Waals surface area (Å²) >= 11 is 7.12. The van der Waals surface area contributed by atoms with Gasteiger partial charge in [0.2, 0.25) is 5.91 Å². The van der Waals surface area contributed by atoms with Crippen LogP contribution in [0.3, 0.4) is 0 Å². The van der Waals surface area contributed by atoms with E-state index in [1.807, 2.05) is 32.6 Å². The Morgan fingerprint density at radius 2 is 1.89 bits per heavy atom. The number of likely N-dealkylation sites (N-methyl/N-ethyl adjacent to an activating group) is 1. The summed E-state index contributed by atoms with van der Waals surface area (Å²) in [6, 6.07) is 4.76. The van der Waals surface area contributed by atoms with Gasteiger partial charge in [-0.3, -0.25) is 14.3 Å². The lowest BCUT2D eigenvalue weighted by molar-refractivity contribution is -0.128. The van der Waals surface area contributed by atoms with E-state index in [0.29, 0.717) is 23.5 Å². The minimum Gasteiger partial charge on any atom is -0.507 e. The molecule has 2 aromatic carbocycles. The van der Waals surface area contributed by atoms with Gasteiger partial charge in [0.15, 0.2) is 5.82 Å². The number of anilines is 2. The van der Waals surface area contributed by atoms with Gasteiger partial charge < -0.3 is 19.8 Å². The van der Waals surface area contributed by atoms with E-state index in [4.69, 9.17) is 11.6 Å². The number of benzene rings is 2. The maximum absolute atomic E-state index is 17.1. The first kappa shape index (κ1) is 30.5. The molecule has 1 fully saturated rings. The number of aromatic nitrogens is 3. The fourth-order valence-corrected chi connectivity index (χ4v) is 7.06. The van der Waals surface area contributed by atoms with Crippen LogP contribution in [-0.2, 0) is 4.79 Å². The van der Waals surface area contributed by atoms with E-state index < -0.39 is 28.6 Å². The molecule has 0 radical (unpaired) electrons. The number of hydrogen-bond acceptors (Lipinski definition) is 7. The summed E-state index contributed by atoms with van der Waals surface area (Å²) in [6.07, 6.45) is 2.91. The maximum Gasteiger partial charge on any atom is 0.354 e. The summed E-state index contributed by atoms with van der Waals surface area (Å²) in [7, 11) is 1.69. The number of aromatic hydroxyl groups is 1. The van der Waals surface area contributed by atoms with Gasteiger partial charge in [-0.1, -0.05) is 38.1 Å². The van der Waals surface area contributed by atoms with Crippen molar-refractivity contribution in [1.82, 2.24) is 19.4 Å². The number of hydrogen-bond donors (Lipinski definition) is 1. The van der Waals surface area contributed by atoms with Crippen molar-refractivity contribution in [2.75, 3.05) is 36.5 Å². The number of fused-ring (bicyclic) bond motifs is 2. The van der Waals surface area contributed by atoms with Gasteiger partial charge >= 0.3 is 5.69 Å². The minimum absolute atomic E-state index is 0.0413. The van der Waals surface area contributed by atoms with Crippen molar-refractivity contribution < 1.29 is 18.7 Å². The molecule has 2 aliphatic rings. The van der Waals surface area contributed by atoms with Crippen molar-refractivity contribution >= 4 is 39.9 Å². The Balaban J connectivity index is 1.80. The summed E-state index contributed by atoms with van der Waals surface area (Å²) in [5, 5.41) is 10.8. The van der Waals surface area contributed by atoms with Crippen molar-refractivity contribution in [3.63, 3.8) is 0 Å². The van der Waals surface area contributed by atoms with E-state index in [1.54, 1.807) is 29.1 Å². The number of aryl methyl sites for hydroxylation is 1. The third-order valence-corrected chi connectivity index (χ3v) is 9.14. The number of carbonyl (C=O) groups is 1. The second kappa shape index (κ2) is 11.1. The van der Waals surface area contributed by atoms with E-state index in [-0.39, 0.29) is 70.0 Å². The van der Waals surface area contributed by atoms with Gasteiger partial charge in [0.25, 0.3) is 0 Å². The normalized spacial score (nSPS) is 17.9. The standard InChI is InChI=1S/C33H33ClF2N6O3/c1-7-22(44)40-15-19-14-39(6)31-25-30(26(34)24(27(31)36)23-20(35)9-8-10-21(23)43)42(29-17(4)11-12-37-28(29)16(2)3)33(45)38-32(25)41(19)13-18(40)5/h7-12,16,18-19,43H,1,13-15H2,2-6H3. The Hall–Kier alpha value is -4.51. The molecule has 1 saturated heterocycles. The van der Waals surface area contributed by atoms with Gasteiger partial charge in [0, 0.05) is 44.5 Å². The Bertz CT molecular complexity index is 1940. The quantitative estimate of drug-likeness (QED) is 0.294. The van der Waals surface area contributed by atoms with E-state index in [2.05, 4.69) is 16.5 Å². The molecule has 45 heavy (non-hydrogen) atoms. The molecule has 0 spiro atoms. The zero-order valence-electron chi connectivity index (χ0n) is 25.6. The van der Waals surface area contributed by atoms with Crippen LogP contribution in [0.25, 0.3) is 27.7 Å². The Kier molecular flexibility index (Phi) is 7.55. The average Bonchev–Trinajstić information content (AvgIpc) is 3.10. The third-order valence-electron chi connectivity index (χ3n) is 8.77. The van der Waals surface area contributed by atoms with Gasteiger partial charge in [0.1, 0.15) is 17.4 Å².